The van der Waals surface area contributed by atoms with E-state index in [1.54, 1.807) is 38.1 Å². The van der Waals surface area contributed by atoms with Crippen molar-refractivity contribution in [3.05, 3.63) is 93.9 Å². The lowest BCUT2D eigenvalue weighted by atomic mass is 9.96. The van der Waals surface area contributed by atoms with Crippen LogP contribution in [0, 0.1) is 20.8 Å². The fraction of sp³-hybridized carbons (Fsp3) is 0.258. The number of nitrogens with zero attached hydrogens (tertiary/aromatic N) is 4. The maximum Gasteiger partial charge on any atom is 0.350 e. The van der Waals surface area contributed by atoms with Gasteiger partial charge in [-0.1, -0.05) is 49.1 Å². The number of pyridine rings is 1. The molecule has 1 aromatic carbocycles. The molecule has 1 aliphatic heterocycles. The third-order valence-corrected chi connectivity index (χ3v) is 8.07. The summed E-state index contributed by atoms with van der Waals surface area (Å²) in [6.07, 6.45) is 4.10. The fourth-order valence-corrected chi connectivity index (χ4v) is 5.85. The third kappa shape index (κ3) is 4.96. The summed E-state index contributed by atoms with van der Waals surface area (Å²) in [5, 5.41) is 11.8. The molecule has 0 radical (unpaired) electrons. The number of amides is 1. The molecule has 42 heavy (non-hydrogen) atoms. The number of imidazole rings is 1. The molecule has 5 rings (SSSR count). The molecule has 3 aromatic heterocycles. The SMILES string of the molecule is C=CCOC(=O)c1sc(N2C(=O)C(=O)C(=C(O)c3nc4c(C)cccn4c3C)C2c2ccc(OCCC)cc2)nc1C. The Labute approximate surface area is 246 Å². The smallest absolute Gasteiger partial charge is 0.350 e. The van der Waals surface area contributed by atoms with Crippen molar-refractivity contribution < 1.29 is 29.0 Å². The van der Waals surface area contributed by atoms with Gasteiger partial charge in [0.15, 0.2) is 10.9 Å². The number of aliphatic hydroxyl groups is 1. The molecule has 11 heteroatoms. The van der Waals surface area contributed by atoms with Gasteiger partial charge in [-0.05, 0) is 56.5 Å². The van der Waals surface area contributed by atoms with E-state index in [4.69, 9.17) is 9.47 Å². The highest BCUT2D eigenvalue weighted by atomic mass is 32.1. The van der Waals surface area contributed by atoms with E-state index in [9.17, 15) is 19.5 Å². The van der Waals surface area contributed by atoms with Crippen molar-refractivity contribution in [3.8, 4) is 5.75 Å². The van der Waals surface area contributed by atoms with Crippen LogP contribution in [0.1, 0.15) is 57.3 Å². The van der Waals surface area contributed by atoms with Gasteiger partial charge in [-0.25, -0.2) is 14.8 Å². The number of aromatic nitrogens is 3. The molecule has 1 amide bonds. The van der Waals surface area contributed by atoms with Gasteiger partial charge in [-0.2, -0.15) is 0 Å². The number of benzene rings is 1. The maximum absolute atomic E-state index is 13.7. The Kier molecular flexibility index (Phi) is 7.95. The average Bonchev–Trinajstić information content (AvgIpc) is 3.62. The van der Waals surface area contributed by atoms with Gasteiger partial charge in [0.1, 0.15) is 28.6 Å². The van der Waals surface area contributed by atoms with Crippen LogP contribution in [0.5, 0.6) is 5.75 Å². The number of anilines is 1. The summed E-state index contributed by atoms with van der Waals surface area (Å²) in [4.78, 5) is 50.4. The number of rotatable bonds is 9. The van der Waals surface area contributed by atoms with Crippen molar-refractivity contribution in [1.29, 1.82) is 0 Å². The Bertz CT molecular complexity index is 1750. The van der Waals surface area contributed by atoms with Crippen molar-refractivity contribution >= 4 is 45.5 Å². The van der Waals surface area contributed by atoms with Crippen molar-refractivity contribution in [3.63, 3.8) is 0 Å². The van der Waals surface area contributed by atoms with Crippen LogP contribution in [0.15, 0.2) is 60.8 Å². The van der Waals surface area contributed by atoms with Crippen LogP contribution < -0.4 is 9.64 Å². The van der Waals surface area contributed by atoms with E-state index in [1.165, 1.54) is 11.0 Å². The summed E-state index contributed by atoms with van der Waals surface area (Å²) < 4.78 is 12.7. The number of ketones is 1. The Morgan fingerprint density at radius 2 is 1.88 bits per heavy atom. The highest BCUT2D eigenvalue weighted by molar-refractivity contribution is 7.17. The number of aryl methyl sites for hydroxylation is 3. The number of carbonyl (C=O) groups excluding carboxylic acids is 3. The van der Waals surface area contributed by atoms with Crippen molar-refractivity contribution in [2.75, 3.05) is 18.1 Å². The van der Waals surface area contributed by atoms with E-state index in [-0.39, 0.29) is 27.9 Å². The Hall–Kier alpha value is -4.77. The number of carbonyl (C=O) groups is 3. The zero-order valence-electron chi connectivity index (χ0n) is 23.7. The summed E-state index contributed by atoms with van der Waals surface area (Å²) in [7, 11) is 0. The van der Waals surface area contributed by atoms with Crippen LogP contribution in [0.25, 0.3) is 11.4 Å². The fourth-order valence-electron chi connectivity index (χ4n) is 4.86. The second-order valence-corrected chi connectivity index (χ2v) is 10.8. The van der Waals surface area contributed by atoms with Crippen LogP contribution in [-0.2, 0) is 14.3 Å². The molecule has 1 aliphatic rings. The number of hydrogen-bond donors (Lipinski definition) is 1. The number of aliphatic hydroxyl groups excluding tert-OH is 1. The minimum atomic E-state index is -1.04. The van der Waals surface area contributed by atoms with Gasteiger partial charge in [0.05, 0.1) is 29.6 Å². The Morgan fingerprint density at radius 3 is 2.55 bits per heavy atom. The molecule has 1 unspecified atom stereocenters. The van der Waals surface area contributed by atoms with E-state index in [0.717, 1.165) is 23.3 Å². The first-order valence-corrected chi connectivity index (χ1v) is 14.2. The zero-order chi connectivity index (χ0) is 30.1. The highest BCUT2D eigenvalue weighted by Crippen LogP contribution is 2.44. The first-order valence-electron chi connectivity index (χ1n) is 13.4. The summed E-state index contributed by atoms with van der Waals surface area (Å²) >= 11 is 0.937. The lowest BCUT2D eigenvalue weighted by Crippen LogP contribution is -2.29. The number of fused-ring (bicyclic) bond motifs is 1. The van der Waals surface area contributed by atoms with Gasteiger partial charge in [0.2, 0.25) is 0 Å². The normalized spacial score (nSPS) is 16.3. The van der Waals surface area contributed by atoms with Gasteiger partial charge in [0.25, 0.3) is 5.78 Å². The number of thiazole rings is 1. The molecule has 0 aliphatic carbocycles. The Morgan fingerprint density at radius 1 is 1.14 bits per heavy atom. The predicted molar refractivity (Wildman–Crippen MR) is 159 cm³/mol. The molecule has 0 saturated carbocycles. The zero-order valence-corrected chi connectivity index (χ0v) is 24.5. The number of hydrogen-bond acceptors (Lipinski definition) is 9. The summed E-state index contributed by atoms with van der Waals surface area (Å²) in [5.41, 5.74) is 3.07. The minimum absolute atomic E-state index is 0.0142. The summed E-state index contributed by atoms with van der Waals surface area (Å²) in [5.74, 6) is -2.16. The first kappa shape index (κ1) is 28.7. The first-order chi connectivity index (χ1) is 20.2. The highest BCUT2D eigenvalue weighted by Gasteiger charge is 2.49. The van der Waals surface area contributed by atoms with Crippen LogP contribution in [0.4, 0.5) is 5.13 Å². The molecule has 1 N–H and O–H groups in total. The summed E-state index contributed by atoms with van der Waals surface area (Å²) in [6, 6.07) is 9.69. The molecular weight excluding hydrogens is 556 g/mol. The number of esters is 1. The van der Waals surface area contributed by atoms with Gasteiger partial charge in [-0.15, -0.1) is 0 Å². The molecule has 216 valence electrons. The molecule has 0 bridgehead atoms. The van der Waals surface area contributed by atoms with E-state index in [2.05, 4.69) is 16.5 Å². The maximum atomic E-state index is 13.7. The molecule has 4 heterocycles. The van der Waals surface area contributed by atoms with Crippen LogP contribution in [-0.4, -0.2) is 50.3 Å². The molecule has 10 nitrogen and oxygen atoms in total. The topological polar surface area (TPSA) is 123 Å². The van der Waals surface area contributed by atoms with Crippen molar-refractivity contribution in [2.45, 2.75) is 40.2 Å². The van der Waals surface area contributed by atoms with Gasteiger partial charge in [0, 0.05) is 6.20 Å². The minimum Gasteiger partial charge on any atom is -0.505 e. The van der Waals surface area contributed by atoms with E-state index in [1.807, 2.05) is 36.6 Å². The molecule has 1 atom stereocenters. The van der Waals surface area contributed by atoms with E-state index in [0.29, 0.717) is 35.0 Å². The average molecular weight is 587 g/mol. The van der Waals surface area contributed by atoms with Crippen LogP contribution in [0.2, 0.25) is 0 Å². The standard InChI is InChI=1S/C31H30N4O6S/c1-6-15-40-21-12-10-20(11-13-21)24-22(25(36)23-19(5)34-14-8-9-17(3)28(34)33-23)26(37)29(38)35(24)31-32-18(4)27(42-31)30(39)41-16-7-2/h7-14,24,36H,2,6,15-16H2,1,3-5H3. The molecular formula is C31H30N4O6S. The lowest BCUT2D eigenvalue weighted by molar-refractivity contribution is -0.132. The molecule has 1 fully saturated rings. The molecule has 1 saturated heterocycles. The monoisotopic (exact) mass is 586 g/mol. The van der Waals surface area contributed by atoms with Crippen LogP contribution >= 0.6 is 11.3 Å². The van der Waals surface area contributed by atoms with Crippen molar-refractivity contribution in [1.82, 2.24) is 14.4 Å². The lowest BCUT2D eigenvalue weighted by Gasteiger charge is -2.23. The van der Waals surface area contributed by atoms with Crippen LogP contribution in [0.3, 0.4) is 0 Å². The largest absolute Gasteiger partial charge is 0.505 e. The number of Topliss-reactive ketones (excluding diaryl/α,β-unsaturated/α-hetero) is 1. The van der Waals surface area contributed by atoms with E-state index >= 15 is 0 Å². The number of ether oxygens (including phenoxy) is 2. The molecule has 0 spiro atoms. The van der Waals surface area contributed by atoms with Crippen molar-refractivity contribution in [2.24, 2.45) is 0 Å². The quantitative estimate of drug-likeness (QED) is 0.0900. The second kappa shape index (κ2) is 11.6. The van der Waals surface area contributed by atoms with Gasteiger partial charge < -0.3 is 19.0 Å². The van der Waals surface area contributed by atoms with Gasteiger partial charge in [-0.3, -0.25) is 14.5 Å². The Balaban J connectivity index is 1.68. The third-order valence-electron chi connectivity index (χ3n) is 6.93. The summed E-state index contributed by atoms with van der Waals surface area (Å²) in [6.45, 7) is 11.4. The molecule has 4 aromatic rings. The second-order valence-electron chi connectivity index (χ2n) is 9.82. The predicted octanol–water partition coefficient (Wildman–Crippen LogP) is 5.47. The van der Waals surface area contributed by atoms with Gasteiger partial charge >= 0.3 is 11.9 Å². The van der Waals surface area contributed by atoms with E-state index < -0.39 is 29.5 Å².